The minimum Gasteiger partial charge on any atom is -0.350 e. The van der Waals surface area contributed by atoms with Crippen LogP contribution in [0, 0.1) is 0 Å². The fourth-order valence-corrected chi connectivity index (χ4v) is 4.93. The van der Waals surface area contributed by atoms with E-state index in [4.69, 9.17) is 34.8 Å². The van der Waals surface area contributed by atoms with Gasteiger partial charge in [0.2, 0.25) is 21.8 Å². The maximum Gasteiger partial charge on any atom is 0.244 e. The molecule has 0 unspecified atom stereocenters. The highest BCUT2D eigenvalue weighted by molar-refractivity contribution is 7.92. The number of amides is 2. The Morgan fingerprint density at radius 1 is 0.971 bits per heavy atom. The summed E-state index contributed by atoms with van der Waals surface area (Å²) in [5, 5.41) is 3.89. The summed E-state index contributed by atoms with van der Waals surface area (Å²) in [5.41, 5.74) is 0.369. The van der Waals surface area contributed by atoms with Gasteiger partial charge in [0.25, 0.3) is 0 Å². The SMILES string of the molecule is CC[C@H](C(=O)NC(C)(C)C)N(Cc1ccc(Cl)cc1)C(=O)CN(c1cc(Cl)cc(Cl)c1)S(C)(=O)=O. The van der Waals surface area contributed by atoms with Crippen LogP contribution in [-0.4, -0.2) is 49.5 Å². The highest BCUT2D eigenvalue weighted by Gasteiger charge is 2.33. The van der Waals surface area contributed by atoms with Crippen molar-refractivity contribution in [3.63, 3.8) is 0 Å². The predicted molar refractivity (Wildman–Crippen MR) is 143 cm³/mol. The van der Waals surface area contributed by atoms with Gasteiger partial charge in [-0.15, -0.1) is 0 Å². The highest BCUT2D eigenvalue weighted by Crippen LogP contribution is 2.27. The van der Waals surface area contributed by atoms with Gasteiger partial charge in [0, 0.05) is 27.2 Å². The van der Waals surface area contributed by atoms with Gasteiger partial charge in [0.1, 0.15) is 12.6 Å². The molecular weight excluding hydrogens is 533 g/mol. The largest absolute Gasteiger partial charge is 0.350 e. The highest BCUT2D eigenvalue weighted by atomic mass is 35.5. The molecule has 0 aliphatic heterocycles. The first kappa shape index (κ1) is 29.2. The number of hydrogen-bond donors (Lipinski definition) is 1. The summed E-state index contributed by atoms with van der Waals surface area (Å²) in [7, 11) is -3.89. The van der Waals surface area contributed by atoms with Gasteiger partial charge in [-0.1, -0.05) is 53.9 Å². The number of nitrogens with zero attached hydrogens (tertiary/aromatic N) is 2. The molecule has 0 aliphatic rings. The minimum absolute atomic E-state index is 0.0833. The van der Waals surface area contributed by atoms with E-state index in [1.807, 2.05) is 20.8 Å². The van der Waals surface area contributed by atoms with Crippen molar-refractivity contribution in [3.05, 3.63) is 63.1 Å². The first-order valence-corrected chi connectivity index (χ1v) is 13.9. The summed E-state index contributed by atoms with van der Waals surface area (Å²) in [5.74, 6) is -0.892. The monoisotopic (exact) mass is 561 g/mol. The molecule has 0 aromatic heterocycles. The third kappa shape index (κ3) is 8.86. The molecule has 0 radical (unpaired) electrons. The molecule has 11 heteroatoms. The Labute approximate surface area is 222 Å². The molecule has 0 spiro atoms. The zero-order valence-electron chi connectivity index (χ0n) is 20.3. The lowest BCUT2D eigenvalue weighted by molar-refractivity contribution is -0.141. The summed E-state index contributed by atoms with van der Waals surface area (Å²) in [4.78, 5) is 28.1. The molecule has 0 saturated carbocycles. The van der Waals surface area contributed by atoms with Crippen molar-refractivity contribution in [1.29, 1.82) is 0 Å². The molecule has 2 amide bonds. The van der Waals surface area contributed by atoms with E-state index in [1.165, 1.54) is 23.1 Å². The second kappa shape index (κ2) is 11.8. The van der Waals surface area contributed by atoms with Crippen LogP contribution in [0.1, 0.15) is 39.7 Å². The quantitative estimate of drug-likeness (QED) is 0.459. The lowest BCUT2D eigenvalue weighted by atomic mass is 10.1. The lowest BCUT2D eigenvalue weighted by Gasteiger charge is -2.34. The summed E-state index contributed by atoms with van der Waals surface area (Å²) in [6.45, 7) is 6.87. The van der Waals surface area contributed by atoms with E-state index in [2.05, 4.69) is 5.32 Å². The average molecular weight is 563 g/mol. The van der Waals surface area contributed by atoms with Crippen LogP contribution in [0.2, 0.25) is 15.1 Å². The van der Waals surface area contributed by atoms with Crippen LogP contribution in [0.15, 0.2) is 42.5 Å². The molecule has 1 N–H and O–H groups in total. The third-order valence-corrected chi connectivity index (χ3v) is 6.79. The molecule has 2 aromatic carbocycles. The van der Waals surface area contributed by atoms with Gasteiger partial charge in [-0.2, -0.15) is 0 Å². The van der Waals surface area contributed by atoms with E-state index in [-0.39, 0.29) is 28.2 Å². The maximum atomic E-state index is 13.6. The number of rotatable bonds is 9. The van der Waals surface area contributed by atoms with Crippen LogP contribution in [0.25, 0.3) is 0 Å². The van der Waals surface area contributed by atoms with Gasteiger partial charge >= 0.3 is 0 Å². The van der Waals surface area contributed by atoms with E-state index in [9.17, 15) is 18.0 Å². The minimum atomic E-state index is -3.89. The molecule has 0 saturated heterocycles. The van der Waals surface area contributed by atoms with Crippen LogP contribution < -0.4 is 9.62 Å². The van der Waals surface area contributed by atoms with Crippen LogP contribution in [0.3, 0.4) is 0 Å². The second-order valence-corrected chi connectivity index (χ2v) is 12.4. The molecule has 0 fully saturated rings. The Bertz CT molecular complexity index is 1150. The zero-order chi connectivity index (χ0) is 26.6. The Morgan fingerprint density at radius 3 is 1.97 bits per heavy atom. The fraction of sp³-hybridized carbons (Fsp3) is 0.417. The Kier molecular flexibility index (Phi) is 9.87. The summed E-state index contributed by atoms with van der Waals surface area (Å²) in [6, 6.07) is 10.3. The van der Waals surface area contributed by atoms with Gasteiger partial charge in [0.15, 0.2) is 0 Å². The van der Waals surface area contributed by atoms with Crippen molar-refractivity contribution >= 4 is 62.3 Å². The molecule has 2 aromatic rings. The average Bonchev–Trinajstić information content (AvgIpc) is 2.70. The Morgan fingerprint density at radius 2 is 1.51 bits per heavy atom. The van der Waals surface area contributed by atoms with Gasteiger partial charge in [-0.25, -0.2) is 8.42 Å². The van der Waals surface area contributed by atoms with E-state index in [0.29, 0.717) is 11.4 Å². The summed E-state index contributed by atoms with van der Waals surface area (Å²) >= 11 is 18.1. The van der Waals surface area contributed by atoms with E-state index in [1.54, 1.807) is 31.2 Å². The number of sulfonamides is 1. The van der Waals surface area contributed by atoms with E-state index < -0.39 is 34.1 Å². The van der Waals surface area contributed by atoms with Crippen LogP contribution in [0.4, 0.5) is 5.69 Å². The van der Waals surface area contributed by atoms with Gasteiger partial charge < -0.3 is 10.2 Å². The number of carbonyl (C=O) groups is 2. The van der Waals surface area contributed by atoms with Crippen molar-refractivity contribution < 1.29 is 18.0 Å². The molecular formula is C24H30Cl3N3O4S. The topological polar surface area (TPSA) is 86.8 Å². The van der Waals surface area contributed by atoms with Crippen LogP contribution >= 0.6 is 34.8 Å². The molecule has 35 heavy (non-hydrogen) atoms. The smallest absolute Gasteiger partial charge is 0.244 e. The molecule has 0 aliphatic carbocycles. The molecule has 0 heterocycles. The van der Waals surface area contributed by atoms with Gasteiger partial charge in [-0.3, -0.25) is 13.9 Å². The van der Waals surface area contributed by atoms with Crippen molar-refractivity contribution in [2.45, 2.75) is 52.2 Å². The fourth-order valence-electron chi connectivity index (χ4n) is 3.46. The van der Waals surface area contributed by atoms with Crippen molar-refractivity contribution in [2.24, 2.45) is 0 Å². The van der Waals surface area contributed by atoms with Crippen molar-refractivity contribution in [1.82, 2.24) is 10.2 Å². The molecule has 0 bridgehead atoms. The third-order valence-electron chi connectivity index (χ3n) is 4.96. The van der Waals surface area contributed by atoms with Gasteiger partial charge in [0.05, 0.1) is 11.9 Å². The van der Waals surface area contributed by atoms with E-state index in [0.717, 1.165) is 16.1 Å². The van der Waals surface area contributed by atoms with Crippen molar-refractivity contribution in [3.8, 4) is 0 Å². The first-order chi connectivity index (χ1) is 16.1. The van der Waals surface area contributed by atoms with Crippen LogP contribution in [0.5, 0.6) is 0 Å². The molecule has 1 atom stereocenters. The molecule has 192 valence electrons. The zero-order valence-corrected chi connectivity index (χ0v) is 23.4. The number of halogens is 3. The first-order valence-electron chi connectivity index (χ1n) is 10.9. The number of benzene rings is 2. The van der Waals surface area contributed by atoms with Gasteiger partial charge in [-0.05, 0) is 63.1 Å². The summed E-state index contributed by atoms with van der Waals surface area (Å²) in [6.07, 6.45) is 1.31. The number of carbonyl (C=O) groups excluding carboxylic acids is 2. The normalized spacial score (nSPS) is 12.7. The molecule has 2 rings (SSSR count). The van der Waals surface area contributed by atoms with Crippen LogP contribution in [-0.2, 0) is 26.2 Å². The number of nitrogens with one attached hydrogen (secondary N) is 1. The predicted octanol–water partition coefficient (Wildman–Crippen LogP) is 5.13. The number of anilines is 1. The maximum absolute atomic E-state index is 13.6. The second-order valence-electron chi connectivity index (χ2n) is 9.21. The molecule has 7 nitrogen and oxygen atoms in total. The lowest BCUT2D eigenvalue weighted by Crippen LogP contribution is -2.55. The van der Waals surface area contributed by atoms with E-state index >= 15 is 0 Å². The standard InChI is InChI=1S/C24H30Cl3N3O4S/c1-6-21(23(32)28-24(2,3)4)29(14-16-7-9-17(25)10-8-16)22(31)15-30(35(5,33)34)20-12-18(26)11-19(27)13-20/h7-13,21H,6,14-15H2,1-5H3,(H,28,32)/t21-/m1/s1. The Balaban J connectivity index is 2.48. The van der Waals surface area contributed by atoms with Crippen molar-refractivity contribution in [2.75, 3.05) is 17.1 Å². The number of hydrogen-bond acceptors (Lipinski definition) is 4. The Hall–Kier alpha value is -2.00. The summed E-state index contributed by atoms with van der Waals surface area (Å²) < 4.78 is 26.2.